The lowest BCUT2D eigenvalue weighted by atomic mass is 10.0. The molecule has 0 aromatic rings. The van der Waals surface area contributed by atoms with Gasteiger partial charge in [0.25, 0.3) is 0 Å². The van der Waals surface area contributed by atoms with Crippen LogP contribution in [0.1, 0.15) is 33.1 Å². The largest absolute Gasteiger partial charge is 0.370 e. The molecule has 0 aromatic heterocycles. The molecule has 0 aliphatic carbocycles. The van der Waals surface area contributed by atoms with Crippen LogP contribution in [0, 0.1) is 0 Å². The van der Waals surface area contributed by atoms with E-state index >= 15 is 0 Å². The molecular formula is C14H22O4S2. The number of rotatable bonds is 4. The molecule has 3 rings (SSSR count). The molecule has 114 valence electrons. The molecule has 20 heavy (non-hydrogen) atoms. The van der Waals surface area contributed by atoms with Gasteiger partial charge in [-0.15, -0.1) is 23.5 Å². The lowest BCUT2D eigenvalue weighted by Crippen LogP contribution is -2.46. The molecule has 0 radical (unpaired) electrons. The summed E-state index contributed by atoms with van der Waals surface area (Å²) >= 11 is 3.88. The molecule has 6 heteroatoms. The number of fused-ring (bicyclic) bond motifs is 1. The quantitative estimate of drug-likeness (QED) is 0.742. The molecule has 0 unspecified atom stereocenters. The number of aldehydes is 1. The average molecular weight is 318 g/mol. The van der Waals surface area contributed by atoms with Crippen molar-refractivity contribution in [1.29, 1.82) is 0 Å². The van der Waals surface area contributed by atoms with Gasteiger partial charge < -0.3 is 19.0 Å². The fraction of sp³-hybridized carbons (Fsp3) is 0.929. The van der Waals surface area contributed by atoms with E-state index in [1.807, 2.05) is 37.4 Å². The van der Waals surface area contributed by atoms with Crippen LogP contribution < -0.4 is 0 Å². The Morgan fingerprint density at radius 1 is 1.25 bits per heavy atom. The molecule has 3 fully saturated rings. The van der Waals surface area contributed by atoms with Gasteiger partial charge in [0.15, 0.2) is 5.79 Å². The van der Waals surface area contributed by atoms with Gasteiger partial charge in [-0.3, -0.25) is 0 Å². The van der Waals surface area contributed by atoms with Gasteiger partial charge in [-0.2, -0.15) is 0 Å². The first-order valence-electron chi connectivity index (χ1n) is 7.25. The van der Waals surface area contributed by atoms with E-state index in [0.29, 0.717) is 13.0 Å². The highest BCUT2D eigenvalue weighted by molar-refractivity contribution is 8.18. The van der Waals surface area contributed by atoms with Gasteiger partial charge >= 0.3 is 0 Å². The zero-order valence-corrected chi connectivity index (χ0v) is 13.6. The Morgan fingerprint density at radius 2 is 2.00 bits per heavy atom. The maximum atomic E-state index is 10.8. The van der Waals surface area contributed by atoms with Crippen LogP contribution in [0.4, 0.5) is 0 Å². The average Bonchev–Trinajstić information content (AvgIpc) is 2.92. The second kappa shape index (κ2) is 5.80. The summed E-state index contributed by atoms with van der Waals surface area (Å²) < 4.78 is 18.0. The number of hydrogen-bond donors (Lipinski definition) is 0. The van der Waals surface area contributed by atoms with E-state index in [-0.39, 0.29) is 22.4 Å². The molecule has 4 nitrogen and oxygen atoms in total. The zero-order valence-electron chi connectivity index (χ0n) is 12.0. The molecule has 0 aromatic carbocycles. The first kappa shape index (κ1) is 15.2. The lowest BCUT2D eigenvalue weighted by Gasteiger charge is -2.41. The minimum Gasteiger partial charge on any atom is -0.370 e. The molecule has 0 bridgehead atoms. The number of carbonyl (C=O) groups excluding carboxylic acids is 1. The standard InChI is InChI=1S/C14H22O4S2/c1-13(2)17-10-9-16-12(11(10)18-13)14(5-3-6-15)19-7-4-8-20-14/h6,10-12H,3-5,7-9H2,1-2H3/t10-,11-,12+/m1/s1. The number of ether oxygens (including phenoxy) is 3. The number of thioether (sulfide) groups is 2. The molecule has 3 aliphatic rings. The van der Waals surface area contributed by atoms with Gasteiger partial charge in [0.2, 0.25) is 0 Å². The Kier molecular flexibility index (Phi) is 4.40. The summed E-state index contributed by atoms with van der Waals surface area (Å²) in [6.07, 6.45) is 3.72. The molecular weight excluding hydrogens is 296 g/mol. The minimum atomic E-state index is -0.521. The summed E-state index contributed by atoms with van der Waals surface area (Å²) in [5, 5.41) is 0. The Balaban J connectivity index is 1.79. The van der Waals surface area contributed by atoms with Crippen molar-refractivity contribution in [3.05, 3.63) is 0 Å². The van der Waals surface area contributed by atoms with Crippen LogP contribution in [-0.4, -0.2) is 52.6 Å². The first-order chi connectivity index (χ1) is 9.56. The van der Waals surface area contributed by atoms with Gasteiger partial charge in [0, 0.05) is 6.42 Å². The van der Waals surface area contributed by atoms with E-state index in [1.165, 1.54) is 6.42 Å². The van der Waals surface area contributed by atoms with Gasteiger partial charge in [0.05, 0.1) is 10.7 Å². The van der Waals surface area contributed by atoms with E-state index in [1.54, 1.807) is 0 Å². The van der Waals surface area contributed by atoms with Crippen molar-refractivity contribution in [3.63, 3.8) is 0 Å². The number of hydrogen-bond acceptors (Lipinski definition) is 6. The van der Waals surface area contributed by atoms with Crippen molar-refractivity contribution >= 4 is 29.8 Å². The van der Waals surface area contributed by atoms with Crippen LogP contribution >= 0.6 is 23.5 Å². The normalized spacial score (nSPS) is 38.6. The van der Waals surface area contributed by atoms with Crippen LogP contribution in [0.3, 0.4) is 0 Å². The predicted molar refractivity (Wildman–Crippen MR) is 81.1 cm³/mol. The Bertz CT molecular complexity index is 368. The summed E-state index contributed by atoms with van der Waals surface area (Å²) in [4.78, 5) is 10.8. The van der Waals surface area contributed by atoms with Crippen molar-refractivity contribution in [2.24, 2.45) is 0 Å². The van der Waals surface area contributed by atoms with Crippen molar-refractivity contribution in [1.82, 2.24) is 0 Å². The summed E-state index contributed by atoms with van der Waals surface area (Å²) in [6, 6.07) is 0. The highest BCUT2D eigenvalue weighted by Crippen LogP contribution is 2.53. The molecule has 0 spiro atoms. The van der Waals surface area contributed by atoms with Crippen molar-refractivity contribution in [3.8, 4) is 0 Å². The van der Waals surface area contributed by atoms with E-state index in [4.69, 9.17) is 14.2 Å². The van der Waals surface area contributed by atoms with E-state index < -0.39 is 5.79 Å². The summed E-state index contributed by atoms with van der Waals surface area (Å²) in [6.45, 7) is 4.52. The smallest absolute Gasteiger partial charge is 0.164 e. The third-order valence-corrected chi connectivity index (χ3v) is 7.53. The Morgan fingerprint density at radius 3 is 2.70 bits per heavy atom. The topological polar surface area (TPSA) is 44.8 Å². The molecule has 3 atom stereocenters. The summed E-state index contributed by atoms with van der Waals surface area (Å²) in [5.41, 5.74) is 0. The lowest BCUT2D eigenvalue weighted by molar-refractivity contribution is -0.175. The van der Waals surface area contributed by atoms with E-state index in [2.05, 4.69) is 0 Å². The van der Waals surface area contributed by atoms with Crippen LogP contribution in [0.2, 0.25) is 0 Å². The van der Waals surface area contributed by atoms with Crippen LogP contribution in [-0.2, 0) is 19.0 Å². The first-order valence-corrected chi connectivity index (χ1v) is 9.22. The zero-order chi connectivity index (χ0) is 14.2. The third-order valence-electron chi connectivity index (χ3n) is 3.99. The highest BCUT2D eigenvalue weighted by atomic mass is 32.2. The summed E-state index contributed by atoms with van der Waals surface area (Å²) in [5.74, 6) is 1.74. The Labute approximate surface area is 128 Å². The molecule has 3 aliphatic heterocycles. The van der Waals surface area contributed by atoms with Crippen LogP contribution in [0.5, 0.6) is 0 Å². The second-order valence-corrected chi connectivity index (χ2v) is 9.07. The van der Waals surface area contributed by atoms with Gasteiger partial charge in [-0.05, 0) is 38.2 Å². The maximum absolute atomic E-state index is 10.8. The molecule has 3 heterocycles. The Hall–Kier alpha value is 0.250. The predicted octanol–water partition coefficient (Wildman–Crippen LogP) is 2.45. The summed E-state index contributed by atoms with van der Waals surface area (Å²) in [7, 11) is 0. The fourth-order valence-corrected chi connectivity index (χ4v) is 6.76. The maximum Gasteiger partial charge on any atom is 0.164 e. The van der Waals surface area contributed by atoms with Crippen molar-refractivity contribution < 1.29 is 19.0 Å². The molecule has 0 N–H and O–H groups in total. The fourth-order valence-electron chi connectivity index (χ4n) is 3.22. The van der Waals surface area contributed by atoms with Crippen LogP contribution in [0.15, 0.2) is 0 Å². The van der Waals surface area contributed by atoms with E-state index in [9.17, 15) is 4.79 Å². The molecule has 0 saturated carbocycles. The highest BCUT2D eigenvalue weighted by Gasteiger charge is 2.57. The van der Waals surface area contributed by atoms with E-state index in [0.717, 1.165) is 24.2 Å². The molecule has 0 amide bonds. The third kappa shape index (κ3) is 2.77. The van der Waals surface area contributed by atoms with Crippen molar-refractivity contribution in [2.75, 3.05) is 18.1 Å². The van der Waals surface area contributed by atoms with Gasteiger partial charge in [-0.25, -0.2) is 0 Å². The minimum absolute atomic E-state index is 0.00486. The number of carbonyl (C=O) groups is 1. The SMILES string of the molecule is CC1(C)O[C@@H]2[C@@H](CO[C@@H]2C2(CCC=O)SCCCS2)O1. The van der Waals surface area contributed by atoms with Crippen molar-refractivity contribution in [2.45, 2.75) is 61.3 Å². The van der Waals surface area contributed by atoms with Crippen LogP contribution in [0.25, 0.3) is 0 Å². The molecule has 3 saturated heterocycles. The monoisotopic (exact) mass is 318 g/mol. The van der Waals surface area contributed by atoms with Gasteiger partial charge in [-0.1, -0.05) is 0 Å². The van der Waals surface area contributed by atoms with Gasteiger partial charge in [0.1, 0.15) is 24.6 Å². The second-order valence-electron chi connectivity index (χ2n) is 5.96.